The number of hydrogen-bond donors (Lipinski definition) is 2. The zero-order valence-electron chi connectivity index (χ0n) is 16.4. The highest BCUT2D eigenvalue weighted by molar-refractivity contribution is 7.89. The molecule has 2 aromatic rings. The molecule has 0 fully saturated rings. The van der Waals surface area contributed by atoms with Crippen molar-refractivity contribution in [3.63, 3.8) is 0 Å². The van der Waals surface area contributed by atoms with Gasteiger partial charge in [-0.2, -0.15) is 4.31 Å². The lowest BCUT2D eigenvalue weighted by Crippen LogP contribution is -2.41. The molecule has 0 unspecified atom stereocenters. The Morgan fingerprint density at radius 1 is 1.04 bits per heavy atom. The van der Waals surface area contributed by atoms with Crippen LogP contribution in [0.3, 0.4) is 0 Å². The van der Waals surface area contributed by atoms with Crippen LogP contribution in [0.2, 0.25) is 0 Å². The Bertz CT molecular complexity index is 963. The Morgan fingerprint density at radius 2 is 1.68 bits per heavy atom. The highest BCUT2D eigenvalue weighted by Gasteiger charge is 2.22. The smallest absolute Gasteiger partial charge is 0.267 e. The van der Waals surface area contributed by atoms with Crippen molar-refractivity contribution in [3.8, 4) is 0 Å². The molecule has 1 aromatic heterocycles. The van der Waals surface area contributed by atoms with E-state index in [4.69, 9.17) is 0 Å². The summed E-state index contributed by atoms with van der Waals surface area (Å²) in [6.45, 7) is 8.14. The van der Waals surface area contributed by atoms with E-state index in [9.17, 15) is 18.0 Å². The average Bonchev–Trinajstić information content (AvgIpc) is 3.07. The summed E-state index contributed by atoms with van der Waals surface area (Å²) in [6, 6.07) is 7.53. The Labute approximate surface area is 169 Å². The van der Waals surface area contributed by atoms with Crippen LogP contribution in [0.5, 0.6) is 0 Å². The molecule has 0 atom stereocenters. The largest absolute Gasteiger partial charge is 0.279 e. The Kier molecular flexibility index (Phi) is 7.34. The molecule has 9 heteroatoms. The van der Waals surface area contributed by atoms with E-state index in [1.165, 1.54) is 39.9 Å². The molecule has 2 amide bonds. The molecule has 7 nitrogen and oxygen atoms in total. The van der Waals surface area contributed by atoms with E-state index < -0.39 is 21.8 Å². The number of hydrogen-bond acceptors (Lipinski definition) is 5. The predicted molar refractivity (Wildman–Crippen MR) is 110 cm³/mol. The molecule has 0 spiro atoms. The zero-order valence-corrected chi connectivity index (χ0v) is 18.0. The molecule has 0 aliphatic heterocycles. The molecule has 1 heterocycles. The van der Waals surface area contributed by atoms with Crippen LogP contribution in [0, 0.1) is 6.92 Å². The van der Waals surface area contributed by atoms with E-state index in [0.717, 1.165) is 16.9 Å². The zero-order chi connectivity index (χ0) is 20.9. The number of sulfonamides is 1. The first-order valence-corrected chi connectivity index (χ1v) is 11.3. The minimum atomic E-state index is -3.67. The molecular formula is C19H25N3O4S2. The molecule has 0 bridgehead atoms. The molecular weight excluding hydrogens is 398 g/mol. The fourth-order valence-electron chi connectivity index (χ4n) is 2.74. The van der Waals surface area contributed by atoms with Crippen LogP contribution in [-0.4, -0.2) is 37.6 Å². The summed E-state index contributed by atoms with van der Waals surface area (Å²) in [7, 11) is -3.67. The lowest BCUT2D eigenvalue weighted by molar-refractivity contribution is 0.0848. The minimum Gasteiger partial charge on any atom is -0.267 e. The summed E-state index contributed by atoms with van der Waals surface area (Å²) in [5.41, 5.74) is 5.90. The Hall–Kier alpha value is -2.23. The van der Waals surface area contributed by atoms with Crippen molar-refractivity contribution in [2.75, 3.05) is 13.1 Å². The summed E-state index contributed by atoms with van der Waals surface area (Å²) in [5.74, 6) is -0.998. The van der Waals surface area contributed by atoms with E-state index >= 15 is 0 Å². The number of aryl methyl sites for hydroxylation is 2. The summed E-state index contributed by atoms with van der Waals surface area (Å²) in [4.78, 5) is 26.3. The lowest BCUT2D eigenvalue weighted by atomic mass is 10.2. The number of nitrogens with zero attached hydrogens (tertiary/aromatic N) is 1. The van der Waals surface area contributed by atoms with Crippen LogP contribution in [-0.2, 0) is 16.4 Å². The highest BCUT2D eigenvalue weighted by atomic mass is 32.2. The number of hydrazine groups is 1. The molecule has 152 valence electrons. The molecule has 0 radical (unpaired) electrons. The van der Waals surface area contributed by atoms with Gasteiger partial charge in [-0.15, -0.1) is 11.3 Å². The summed E-state index contributed by atoms with van der Waals surface area (Å²) < 4.78 is 26.5. The monoisotopic (exact) mass is 423 g/mol. The molecule has 1 aromatic carbocycles. The van der Waals surface area contributed by atoms with Crippen molar-refractivity contribution in [1.29, 1.82) is 0 Å². The van der Waals surface area contributed by atoms with Gasteiger partial charge in [0.25, 0.3) is 11.8 Å². The van der Waals surface area contributed by atoms with Crippen molar-refractivity contribution in [1.82, 2.24) is 15.2 Å². The second-order valence-electron chi connectivity index (χ2n) is 6.10. The maximum Gasteiger partial charge on any atom is 0.279 e. The number of carbonyl (C=O) groups is 2. The first-order chi connectivity index (χ1) is 13.2. The van der Waals surface area contributed by atoms with Crippen LogP contribution >= 0.6 is 11.3 Å². The van der Waals surface area contributed by atoms with E-state index in [1.54, 1.807) is 19.9 Å². The van der Waals surface area contributed by atoms with Gasteiger partial charge < -0.3 is 0 Å². The van der Waals surface area contributed by atoms with Gasteiger partial charge in [0.05, 0.1) is 9.77 Å². The third-order valence-corrected chi connectivity index (χ3v) is 7.72. The minimum absolute atomic E-state index is 0.0386. The van der Waals surface area contributed by atoms with E-state index in [-0.39, 0.29) is 10.5 Å². The normalized spacial score (nSPS) is 11.5. The number of carbonyl (C=O) groups excluding carboxylic acids is 2. The summed E-state index contributed by atoms with van der Waals surface area (Å²) in [6.07, 6.45) is 0.837. The lowest BCUT2D eigenvalue weighted by Gasteiger charge is -2.18. The molecule has 0 aliphatic carbocycles. The summed E-state index contributed by atoms with van der Waals surface area (Å²) in [5, 5.41) is 0. The van der Waals surface area contributed by atoms with E-state index in [0.29, 0.717) is 18.0 Å². The predicted octanol–water partition coefficient (Wildman–Crippen LogP) is 2.72. The maximum atomic E-state index is 12.6. The third-order valence-electron chi connectivity index (χ3n) is 4.29. The van der Waals surface area contributed by atoms with E-state index in [1.807, 2.05) is 13.8 Å². The summed E-state index contributed by atoms with van der Waals surface area (Å²) >= 11 is 1.38. The SMILES string of the molecule is CCc1sc(C(=O)NNC(=O)c2cccc(S(=O)(=O)N(CC)CC)c2)cc1C. The third kappa shape index (κ3) is 4.78. The topological polar surface area (TPSA) is 95.6 Å². The van der Waals surface area contributed by atoms with Crippen molar-refractivity contribution in [2.24, 2.45) is 0 Å². The molecule has 0 saturated heterocycles. The van der Waals surface area contributed by atoms with Crippen molar-refractivity contribution >= 4 is 33.2 Å². The van der Waals surface area contributed by atoms with Crippen LogP contribution in [0.1, 0.15) is 51.2 Å². The van der Waals surface area contributed by atoms with Crippen molar-refractivity contribution in [2.45, 2.75) is 39.0 Å². The second kappa shape index (κ2) is 9.31. The number of thiophene rings is 1. The second-order valence-corrected chi connectivity index (χ2v) is 9.17. The van der Waals surface area contributed by atoms with Gasteiger partial charge in [0.2, 0.25) is 10.0 Å². The molecule has 2 N–H and O–H groups in total. The van der Waals surface area contributed by atoms with Gasteiger partial charge in [-0.25, -0.2) is 8.42 Å². The van der Waals surface area contributed by atoms with E-state index in [2.05, 4.69) is 10.9 Å². The molecule has 0 aliphatic rings. The van der Waals surface area contributed by atoms with Gasteiger partial charge in [0, 0.05) is 23.5 Å². The van der Waals surface area contributed by atoms with Crippen LogP contribution in [0.15, 0.2) is 35.2 Å². The van der Waals surface area contributed by atoms with Gasteiger partial charge in [-0.1, -0.05) is 26.8 Å². The fourth-order valence-corrected chi connectivity index (χ4v) is 5.25. The first-order valence-electron chi connectivity index (χ1n) is 9.04. The number of amides is 2. The van der Waals surface area contributed by atoms with Gasteiger partial charge >= 0.3 is 0 Å². The Balaban J connectivity index is 2.11. The first kappa shape index (κ1) is 22.1. The standard InChI is InChI=1S/C19H25N3O4S2/c1-5-16-13(4)11-17(27-16)19(24)21-20-18(23)14-9-8-10-15(12-14)28(25,26)22(6-2)7-3/h8-12H,5-7H2,1-4H3,(H,20,23)(H,21,24). The Morgan fingerprint density at radius 3 is 2.25 bits per heavy atom. The van der Waals surface area contributed by atoms with Gasteiger partial charge in [0.1, 0.15) is 0 Å². The number of benzene rings is 1. The molecule has 2 rings (SSSR count). The maximum absolute atomic E-state index is 12.6. The van der Waals surface area contributed by atoms with Crippen molar-refractivity contribution in [3.05, 3.63) is 51.2 Å². The average molecular weight is 424 g/mol. The molecule has 0 saturated carbocycles. The highest BCUT2D eigenvalue weighted by Crippen LogP contribution is 2.22. The van der Waals surface area contributed by atoms with Crippen LogP contribution in [0.25, 0.3) is 0 Å². The quantitative estimate of drug-likeness (QED) is 0.670. The van der Waals surface area contributed by atoms with Gasteiger partial charge in [-0.3, -0.25) is 20.4 Å². The van der Waals surface area contributed by atoms with Gasteiger partial charge in [0.15, 0.2) is 0 Å². The van der Waals surface area contributed by atoms with Crippen molar-refractivity contribution < 1.29 is 18.0 Å². The van der Waals surface area contributed by atoms with Gasteiger partial charge in [-0.05, 0) is 43.2 Å². The molecule has 28 heavy (non-hydrogen) atoms. The van der Waals surface area contributed by atoms with Crippen LogP contribution in [0.4, 0.5) is 0 Å². The number of nitrogens with one attached hydrogen (secondary N) is 2. The number of rotatable bonds is 7. The van der Waals surface area contributed by atoms with Crippen LogP contribution < -0.4 is 10.9 Å². The fraction of sp³-hybridized carbons (Fsp3) is 0.368.